The number of hydrogen-bond donors (Lipinski definition) is 3. The number of benzene rings is 1. The number of methoxy groups -OCH3 is 1. The first-order valence-electron chi connectivity index (χ1n) is 10.8. The van der Waals surface area contributed by atoms with Gasteiger partial charge >= 0.3 is 0 Å². The number of nitrogens with zero attached hydrogens (tertiary/aromatic N) is 1. The summed E-state index contributed by atoms with van der Waals surface area (Å²) in [4.78, 5) is 15.3. The molecule has 0 radical (unpaired) electrons. The molecule has 1 aliphatic carbocycles. The molecule has 3 atom stereocenters. The van der Waals surface area contributed by atoms with E-state index in [9.17, 15) is 4.79 Å². The first kappa shape index (κ1) is 22.0. The minimum absolute atomic E-state index is 0.0173. The number of amides is 1. The van der Waals surface area contributed by atoms with E-state index in [0.717, 1.165) is 49.0 Å². The zero-order valence-electron chi connectivity index (χ0n) is 17.9. The molecule has 1 amide bonds. The monoisotopic (exact) mass is 404 g/mol. The van der Waals surface area contributed by atoms with Crippen LogP contribution in [0.1, 0.15) is 55.8 Å². The van der Waals surface area contributed by atoms with E-state index >= 15 is 0 Å². The highest BCUT2D eigenvalue weighted by Gasteiger charge is 2.40. The predicted molar refractivity (Wildman–Crippen MR) is 115 cm³/mol. The minimum Gasteiger partial charge on any atom is -0.388 e. The first-order valence-corrected chi connectivity index (χ1v) is 10.8. The summed E-state index contributed by atoms with van der Waals surface area (Å²) in [5, 5.41) is 6.52. The average Bonchev–Trinajstić information content (AvgIpc) is 3.59. The predicted octanol–water partition coefficient (Wildman–Crippen LogP) is 2.20. The number of nitrogens with one attached hydrogen (secondary N) is 2. The van der Waals surface area contributed by atoms with Crippen LogP contribution in [0.5, 0.6) is 0 Å². The van der Waals surface area contributed by atoms with Crippen molar-refractivity contribution < 1.29 is 14.3 Å². The van der Waals surface area contributed by atoms with Crippen molar-refractivity contribution in [2.45, 2.75) is 56.8 Å². The second kappa shape index (κ2) is 10.4. The summed E-state index contributed by atoms with van der Waals surface area (Å²) < 4.78 is 10.9. The van der Waals surface area contributed by atoms with Gasteiger partial charge in [0.2, 0.25) is 0 Å². The van der Waals surface area contributed by atoms with Crippen molar-refractivity contribution in [2.24, 2.45) is 5.73 Å². The Morgan fingerprint density at radius 2 is 2.24 bits per heavy atom. The van der Waals surface area contributed by atoms with E-state index in [4.69, 9.17) is 15.2 Å². The van der Waals surface area contributed by atoms with E-state index in [1.54, 1.807) is 7.11 Å². The second-order valence-electron chi connectivity index (χ2n) is 8.05. The minimum atomic E-state index is -0.390. The maximum atomic E-state index is 13.2. The van der Waals surface area contributed by atoms with Crippen LogP contribution in [-0.4, -0.2) is 63.4 Å². The molecule has 2 fully saturated rings. The molecule has 4 N–H and O–H groups in total. The molecule has 7 nitrogen and oxygen atoms in total. The lowest BCUT2D eigenvalue weighted by Crippen LogP contribution is -2.50. The Labute approximate surface area is 174 Å². The third kappa shape index (κ3) is 5.48. The van der Waals surface area contributed by atoms with Gasteiger partial charge in [0.1, 0.15) is 6.10 Å². The van der Waals surface area contributed by atoms with E-state index in [0.29, 0.717) is 25.8 Å². The molecule has 1 aliphatic heterocycles. The molecular formula is C22H36N4O3. The van der Waals surface area contributed by atoms with Crippen LogP contribution in [0.25, 0.3) is 0 Å². The van der Waals surface area contributed by atoms with Crippen molar-refractivity contribution in [3.8, 4) is 0 Å². The smallest absolute Gasteiger partial charge is 0.253 e. The molecule has 1 saturated heterocycles. The molecule has 1 aromatic carbocycles. The molecule has 1 aromatic rings. The van der Waals surface area contributed by atoms with Gasteiger partial charge in [-0.15, -0.1) is 0 Å². The molecule has 1 saturated carbocycles. The Morgan fingerprint density at radius 1 is 1.45 bits per heavy atom. The van der Waals surface area contributed by atoms with Crippen molar-refractivity contribution in [1.82, 2.24) is 10.2 Å². The summed E-state index contributed by atoms with van der Waals surface area (Å²) in [6.45, 7) is 4.79. The number of hydrogen-bond acceptors (Lipinski definition) is 6. The van der Waals surface area contributed by atoms with Crippen LogP contribution in [0.15, 0.2) is 18.2 Å². The second-order valence-corrected chi connectivity index (χ2v) is 8.05. The normalized spacial score (nSPS) is 21.4. The van der Waals surface area contributed by atoms with Crippen molar-refractivity contribution >= 4 is 11.6 Å². The van der Waals surface area contributed by atoms with Crippen molar-refractivity contribution in [3.63, 3.8) is 0 Å². The number of ether oxygens (including phenoxy) is 2. The van der Waals surface area contributed by atoms with Gasteiger partial charge in [0.05, 0.1) is 12.6 Å². The summed E-state index contributed by atoms with van der Waals surface area (Å²) in [7, 11) is 3.62. The molecule has 1 heterocycles. The summed E-state index contributed by atoms with van der Waals surface area (Å²) >= 11 is 0. The van der Waals surface area contributed by atoms with Crippen LogP contribution in [-0.2, 0) is 14.3 Å². The third-order valence-corrected chi connectivity index (χ3v) is 5.91. The van der Waals surface area contributed by atoms with E-state index in [1.807, 2.05) is 11.9 Å². The molecule has 162 valence electrons. The maximum absolute atomic E-state index is 13.2. The maximum Gasteiger partial charge on any atom is 0.253 e. The van der Waals surface area contributed by atoms with Crippen LogP contribution in [0.3, 0.4) is 0 Å². The molecular weight excluding hydrogens is 368 g/mol. The Morgan fingerprint density at radius 3 is 2.86 bits per heavy atom. The van der Waals surface area contributed by atoms with Gasteiger partial charge in [-0.2, -0.15) is 0 Å². The Bertz CT molecular complexity index is 674. The number of nitrogens with two attached hydrogens (primary N) is 1. The Kier molecular flexibility index (Phi) is 7.89. The van der Waals surface area contributed by atoms with Gasteiger partial charge in [-0.05, 0) is 49.8 Å². The molecule has 1 unspecified atom stereocenters. The van der Waals surface area contributed by atoms with Crippen molar-refractivity contribution in [3.05, 3.63) is 29.3 Å². The van der Waals surface area contributed by atoms with Crippen molar-refractivity contribution in [1.29, 1.82) is 0 Å². The lowest BCUT2D eigenvalue weighted by molar-refractivity contribution is -0.148. The van der Waals surface area contributed by atoms with Gasteiger partial charge in [-0.3, -0.25) is 4.79 Å². The molecule has 29 heavy (non-hydrogen) atoms. The van der Waals surface area contributed by atoms with Gasteiger partial charge in [0, 0.05) is 51.6 Å². The lowest BCUT2D eigenvalue weighted by Gasteiger charge is -2.34. The summed E-state index contributed by atoms with van der Waals surface area (Å²) in [6.07, 6.45) is 3.51. The van der Waals surface area contributed by atoms with E-state index in [1.165, 1.54) is 0 Å². The molecule has 3 rings (SSSR count). The highest BCUT2D eigenvalue weighted by molar-refractivity contribution is 5.82. The number of morpholine rings is 1. The number of rotatable bonds is 10. The topological polar surface area (TPSA) is 88.9 Å². The zero-order valence-corrected chi connectivity index (χ0v) is 17.9. The van der Waals surface area contributed by atoms with Crippen LogP contribution in [0.4, 0.5) is 5.69 Å². The van der Waals surface area contributed by atoms with Crippen LogP contribution >= 0.6 is 0 Å². The fraction of sp³-hybridized carbons (Fsp3) is 0.682. The number of anilines is 1. The van der Waals surface area contributed by atoms with Crippen LogP contribution in [0.2, 0.25) is 0 Å². The fourth-order valence-electron chi connectivity index (χ4n) is 4.07. The molecule has 2 aliphatic rings. The van der Waals surface area contributed by atoms with E-state index in [2.05, 4.69) is 35.8 Å². The van der Waals surface area contributed by atoms with Gasteiger partial charge in [0.15, 0.2) is 0 Å². The molecule has 0 bridgehead atoms. The molecule has 0 aromatic heterocycles. The fourth-order valence-corrected chi connectivity index (χ4v) is 4.07. The van der Waals surface area contributed by atoms with Crippen molar-refractivity contribution in [2.75, 3.05) is 45.8 Å². The number of carbonyl (C=O) groups excluding carboxylic acids is 1. The van der Waals surface area contributed by atoms with Crippen LogP contribution in [0, 0.1) is 0 Å². The van der Waals surface area contributed by atoms with Gasteiger partial charge in [-0.1, -0.05) is 12.1 Å². The first-order chi connectivity index (χ1) is 14.1. The summed E-state index contributed by atoms with van der Waals surface area (Å²) in [5.74, 6) is 0.0934. The summed E-state index contributed by atoms with van der Waals surface area (Å²) in [5.41, 5.74) is 9.74. The van der Waals surface area contributed by atoms with Gasteiger partial charge < -0.3 is 30.7 Å². The number of carbonyl (C=O) groups is 1. The lowest BCUT2D eigenvalue weighted by atomic mass is 9.95. The van der Waals surface area contributed by atoms with E-state index < -0.39 is 0 Å². The highest BCUT2D eigenvalue weighted by atomic mass is 16.5. The Balaban J connectivity index is 1.79. The van der Waals surface area contributed by atoms with E-state index in [-0.39, 0.29) is 24.1 Å². The summed E-state index contributed by atoms with van der Waals surface area (Å²) in [6, 6.07) is 6.56. The molecule has 7 heteroatoms. The highest BCUT2D eigenvalue weighted by Crippen LogP contribution is 2.37. The zero-order chi connectivity index (χ0) is 20.8. The standard InChI is InChI=1S/C22H36N4O3/c1-15(26(17-7-8-17)22(27)21-14-25-10-12-29-21)16-6-9-20(24-2)18(13-16)19(23)5-4-11-28-3/h6,9,13,15,17,19,21,24-25H,4-5,7-8,10-12,14,23H2,1-3H3/t15-,19?,21-/m1/s1. The van der Waals surface area contributed by atoms with Gasteiger partial charge in [-0.25, -0.2) is 0 Å². The molecule has 0 spiro atoms. The quantitative estimate of drug-likeness (QED) is 0.518. The largest absolute Gasteiger partial charge is 0.388 e. The Hall–Kier alpha value is -1.67. The van der Waals surface area contributed by atoms with Crippen LogP contribution < -0.4 is 16.4 Å². The van der Waals surface area contributed by atoms with Gasteiger partial charge in [0.25, 0.3) is 5.91 Å². The SMILES string of the molecule is CNc1ccc([C@@H](C)N(C(=O)[C@H]2CNCCO2)C2CC2)cc1C(N)CCCOC. The third-order valence-electron chi connectivity index (χ3n) is 5.91. The average molecular weight is 405 g/mol.